The number of nitrogens with zero attached hydrogens (tertiary/aromatic N) is 2. The highest BCUT2D eigenvalue weighted by Gasteiger charge is 2.06. The molecule has 0 fully saturated rings. The van der Waals surface area contributed by atoms with Crippen LogP contribution in [0, 0.1) is 20.2 Å². The smallest absolute Gasteiger partial charge is 0.287 e. The van der Waals surface area contributed by atoms with Gasteiger partial charge < -0.3 is 9.97 Å². The molecule has 0 amide bonds. The largest absolute Gasteiger partial charge is 0.323 e. The molecule has 0 aliphatic carbocycles. The lowest BCUT2D eigenvalue weighted by Gasteiger charge is -1.89. The van der Waals surface area contributed by atoms with Gasteiger partial charge in [0.1, 0.15) is 5.02 Å². The van der Waals surface area contributed by atoms with Gasteiger partial charge in [-0.2, -0.15) is 0 Å². The third-order valence-electron chi connectivity index (χ3n) is 2.03. The molecule has 0 unspecified atom stereocenters. The molecule has 2 heterocycles. The molecule has 0 saturated carbocycles. The minimum atomic E-state index is -0.637. The molecule has 0 atom stereocenters. The van der Waals surface area contributed by atoms with Crippen molar-refractivity contribution in [3.63, 3.8) is 0 Å². The highest BCUT2D eigenvalue weighted by molar-refractivity contribution is 6.30. The van der Waals surface area contributed by atoms with E-state index in [0.717, 1.165) is 30.6 Å². The van der Waals surface area contributed by atoms with Gasteiger partial charge in [-0.1, -0.05) is 11.6 Å². The van der Waals surface area contributed by atoms with E-state index in [2.05, 4.69) is 9.97 Å². The standard InChI is InChI=1S/C5H3ClN2O3.C5H4N2O3/c6-4-1-3(8(10)11)2-7-5(4)9;8-5-2-1-4(3-6-5)7(9)10/h1-2H,(H,7,9);1-3H,(H,6,8). The van der Waals surface area contributed by atoms with E-state index in [1.165, 1.54) is 0 Å². The van der Waals surface area contributed by atoms with Crippen molar-refractivity contribution < 1.29 is 9.85 Å². The first-order valence-corrected chi connectivity index (χ1v) is 5.55. The maximum atomic E-state index is 10.6. The Labute approximate surface area is 120 Å². The molecule has 0 spiro atoms. The summed E-state index contributed by atoms with van der Waals surface area (Å²) in [6, 6.07) is 3.26. The Bertz CT molecular complexity index is 763. The lowest BCUT2D eigenvalue weighted by molar-refractivity contribution is -0.385. The number of hydrogen-bond acceptors (Lipinski definition) is 6. The molecule has 21 heavy (non-hydrogen) atoms. The third-order valence-corrected chi connectivity index (χ3v) is 2.31. The van der Waals surface area contributed by atoms with Crippen LogP contribution < -0.4 is 11.1 Å². The number of pyridine rings is 2. The minimum absolute atomic E-state index is 0.111. The fourth-order valence-corrected chi connectivity index (χ4v) is 1.23. The molecule has 0 aliphatic heterocycles. The van der Waals surface area contributed by atoms with Gasteiger partial charge in [0.25, 0.3) is 16.9 Å². The Kier molecular flexibility index (Phi) is 5.31. The molecule has 2 aromatic heterocycles. The van der Waals surface area contributed by atoms with Crippen LogP contribution in [0.3, 0.4) is 0 Å². The minimum Gasteiger partial charge on any atom is -0.323 e. The molecule has 0 aliphatic rings. The van der Waals surface area contributed by atoms with Gasteiger partial charge in [0.15, 0.2) is 0 Å². The van der Waals surface area contributed by atoms with Gasteiger partial charge in [0.2, 0.25) is 5.56 Å². The van der Waals surface area contributed by atoms with Crippen LogP contribution in [0.4, 0.5) is 11.4 Å². The maximum Gasteiger partial charge on any atom is 0.287 e. The molecular formula is C10H7ClN4O6. The first kappa shape index (κ1) is 16.0. The average Bonchev–Trinajstić information content (AvgIpc) is 2.43. The van der Waals surface area contributed by atoms with E-state index >= 15 is 0 Å². The Morgan fingerprint density at radius 1 is 0.952 bits per heavy atom. The van der Waals surface area contributed by atoms with Gasteiger partial charge >= 0.3 is 0 Å². The van der Waals surface area contributed by atoms with E-state index in [0.29, 0.717) is 0 Å². The van der Waals surface area contributed by atoms with E-state index in [9.17, 15) is 29.8 Å². The quantitative estimate of drug-likeness (QED) is 0.627. The predicted molar refractivity (Wildman–Crippen MR) is 72.4 cm³/mol. The van der Waals surface area contributed by atoms with Crippen LogP contribution in [0.1, 0.15) is 0 Å². The summed E-state index contributed by atoms with van der Waals surface area (Å²) in [4.78, 5) is 44.1. The second-order valence-corrected chi connectivity index (χ2v) is 3.87. The zero-order chi connectivity index (χ0) is 16.0. The number of rotatable bonds is 2. The zero-order valence-electron chi connectivity index (χ0n) is 10.1. The summed E-state index contributed by atoms with van der Waals surface area (Å²) in [5.41, 5.74) is -1.21. The van der Waals surface area contributed by atoms with Crippen molar-refractivity contribution in [2.45, 2.75) is 0 Å². The van der Waals surface area contributed by atoms with E-state index in [4.69, 9.17) is 11.6 Å². The van der Waals surface area contributed by atoms with E-state index < -0.39 is 15.4 Å². The lowest BCUT2D eigenvalue weighted by atomic mass is 10.4. The zero-order valence-corrected chi connectivity index (χ0v) is 10.9. The van der Waals surface area contributed by atoms with Crippen LogP contribution in [-0.2, 0) is 0 Å². The van der Waals surface area contributed by atoms with Gasteiger partial charge in [0.05, 0.1) is 22.2 Å². The summed E-state index contributed by atoms with van der Waals surface area (Å²) in [5, 5.41) is 19.9. The van der Waals surface area contributed by atoms with Crippen molar-refractivity contribution in [3.8, 4) is 0 Å². The average molecular weight is 315 g/mol. The predicted octanol–water partition coefficient (Wildman–Crippen LogP) is 1.22. The van der Waals surface area contributed by atoms with Crippen LogP contribution in [0.15, 0.2) is 40.2 Å². The van der Waals surface area contributed by atoms with Gasteiger partial charge in [0, 0.05) is 18.2 Å². The maximum absolute atomic E-state index is 10.6. The molecule has 2 aromatic rings. The van der Waals surface area contributed by atoms with Crippen molar-refractivity contribution in [1.29, 1.82) is 0 Å². The van der Waals surface area contributed by atoms with Crippen LogP contribution in [-0.4, -0.2) is 19.8 Å². The highest BCUT2D eigenvalue weighted by Crippen LogP contribution is 2.10. The van der Waals surface area contributed by atoms with Crippen molar-refractivity contribution in [2.24, 2.45) is 0 Å². The second kappa shape index (κ2) is 6.96. The van der Waals surface area contributed by atoms with Crippen molar-refractivity contribution in [1.82, 2.24) is 9.97 Å². The van der Waals surface area contributed by atoms with Crippen molar-refractivity contribution in [3.05, 3.63) is 76.6 Å². The molecule has 2 rings (SSSR count). The van der Waals surface area contributed by atoms with E-state index in [1.807, 2.05) is 0 Å². The number of H-pyrrole nitrogens is 2. The molecule has 10 nitrogen and oxygen atoms in total. The summed E-state index contributed by atoms with van der Waals surface area (Å²) >= 11 is 5.31. The number of hydrogen-bond donors (Lipinski definition) is 2. The van der Waals surface area contributed by atoms with Crippen molar-refractivity contribution in [2.75, 3.05) is 0 Å². The van der Waals surface area contributed by atoms with Crippen LogP contribution in [0.5, 0.6) is 0 Å². The normalized spacial score (nSPS) is 9.38. The summed E-state index contributed by atoms with van der Waals surface area (Å²) in [7, 11) is 0. The second-order valence-electron chi connectivity index (χ2n) is 3.46. The molecule has 0 radical (unpaired) electrons. The first-order valence-electron chi connectivity index (χ1n) is 5.17. The highest BCUT2D eigenvalue weighted by atomic mass is 35.5. The van der Waals surface area contributed by atoms with E-state index in [-0.39, 0.29) is 22.0 Å². The summed E-state index contributed by atoms with van der Waals surface area (Å²) in [5.74, 6) is 0. The van der Waals surface area contributed by atoms with Crippen LogP contribution >= 0.6 is 11.6 Å². The molecular weight excluding hydrogens is 308 g/mol. The number of aromatic nitrogens is 2. The van der Waals surface area contributed by atoms with Crippen LogP contribution in [0.2, 0.25) is 5.02 Å². The Hall–Kier alpha value is -3.01. The number of nitro groups is 2. The monoisotopic (exact) mass is 314 g/mol. The summed E-state index contributed by atoms with van der Waals surface area (Å²) < 4.78 is 0. The fourth-order valence-electron chi connectivity index (χ4n) is 1.07. The Morgan fingerprint density at radius 2 is 1.52 bits per heavy atom. The van der Waals surface area contributed by atoms with Gasteiger partial charge in [-0.3, -0.25) is 29.8 Å². The van der Waals surface area contributed by atoms with Gasteiger partial charge in [-0.05, 0) is 0 Å². The molecule has 0 aromatic carbocycles. The summed E-state index contributed by atoms with van der Waals surface area (Å²) in [6.07, 6.45) is 2.05. The number of nitrogens with one attached hydrogen (secondary N) is 2. The van der Waals surface area contributed by atoms with Crippen molar-refractivity contribution >= 4 is 23.0 Å². The molecule has 2 N–H and O–H groups in total. The Balaban J connectivity index is 0.000000211. The Morgan fingerprint density at radius 3 is 1.95 bits per heavy atom. The third kappa shape index (κ3) is 4.87. The lowest BCUT2D eigenvalue weighted by Crippen LogP contribution is -2.05. The number of halogens is 1. The molecule has 0 bridgehead atoms. The topological polar surface area (TPSA) is 152 Å². The SMILES string of the molecule is O=c1[nH]cc([N+](=O)[O-])cc1Cl.O=c1ccc([N+](=O)[O-])c[nH]1. The molecule has 0 saturated heterocycles. The van der Waals surface area contributed by atoms with Gasteiger partial charge in [-0.15, -0.1) is 0 Å². The number of aromatic amines is 2. The van der Waals surface area contributed by atoms with Gasteiger partial charge in [-0.25, -0.2) is 0 Å². The molecule has 110 valence electrons. The molecule has 11 heteroatoms. The first-order chi connectivity index (χ1) is 9.81. The van der Waals surface area contributed by atoms with Crippen LogP contribution in [0.25, 0.3) is 0 Å². The summed E-state index contributed by atoms with van der Waals surface area (Å²) in [6.45, 7) is 0. The van der Waals surface area contributed by atoms with E-state index in [1.54, 1.807) is 0 Å². The fraction of sp³-hybridized carbons (Fsp3) is 0.